The topological polar surface area (TPSA) is 12.0 Å². The van der Waals surface area contributed by atoms with E-state index in [1.807, 2.05) is 0 Å². The van der Waals surface area contributed by atoms with E-state index in [2.05, 4.69) is 66.0 Å². The molecule has 1 aromatic rings. The molecule has 114 valence electrons. The Morgan fingerprint density at radius 2 is 1.62 bits per heavy atom. The van der Waals surface area contributed by atoms with Gasteiger partial charge in [0, 0.05) is 15.7 Å². The minimum absolute atomic E-state index is 0.423. The van der Waals surface area contributed by atoms with Gasteiger partial charge in [-0.3, -0.25) is 0 Å². The molecule has 2 heteroatoms. The molecule has 1 N–H and O–H groups in total. The molecule has 4 bridgehead atoms. The van der Waals surface area contributed by atoms with Crippen molar-refractivity contribution >= 4 is 22.6 Å². The molecule has 5 rings (SSSR count). The summed E-state index contributed by atoms with van der Waals surface area (Å²) in [6.07, 6.45) is 8.64. The third-order valence-electron chi connectivity index (χ3n) is 6.21. The second-order valence-electron chi connectivity index (χ2n) is 8.89. The summed E-state index contributed by atoms with van der Waals surface area (Å²) in [6, 6.07) is 9.00. The van der Waals surface area contributed by atoms with E-state index in [1.54, 1.807) is 0 Å². The SMILES string of the molecule is CC12CC3CC(C)(C1)CC(NCc1ccc(I)cc1)(C3)C2. The monoisotopic (exact) mass is 395 g/mol. The van der Waals surface area contributed by atoms with Crippen LogP contribution in [0.4, 0.5) is 0 Å². The van der Waals surface area contributed by atoms with Gasteiger partial charge in [-0.2, -0.15) is 0 Å². The van der Waals surface area contributed by atoms with Gasteiger partial charge < -0.3 is 5.32 Å². The molecule has 2 unspecified atom stereocenters. The highest BCUT2D eigenvalue weighted by molar-refractivity contribution is 14.1. The van der Waals surface area contributed by atoms with Crippen LogP contribution in [0.1, 0.15) is 57.9 Å². The summed E-state index contributed by atoms with van der Waals surface area (Å²) in [4.78, 5) is 0. The molecule has 1 aromatic carbocycles. The standard InChI is InChI=1S/C19H26IN/c1-17-7-15-8-18(2,11-17)13-19(9-15,12-17)21-10-14-3-5-16(20)6-4-14/h3-6,15,21H,7-13H2,1-2H3. The zero-order valence-electron chi connectivity index (χ0n) is 13.2. The van der Waals surface area contributed by atoms with E-state index in [-0.39, 0.29) is 0 Å². The first-order valence-electron chi connectivity index (χ1n) is 8.37. The summed E-state index contributed by atoms with van der Waals surface area (Å²) in [7, 11) is 0. The summed E-state index contributed by atoms with van der Waals surface area (Å²) < 4.78 is 1.33. The smallest absolute Gasteiger partial charge is 0.0210 e. The Labute approximate surface area is 142 Å². The Hall–Kier alpha value is -0.0900. The summed E-state index contributed by atoms with van der Waals surface area (Å²) in [5.74, 6) is 0.973. The van der Waals surface area contributed by atoms with Crippen LogP contribution in [0.2, 0.25) is 0 Å². The van der Waals surface area contributed by atoms with E-state index in [1.165, 1.54) is 47.7 Å². The maximum Gasteiger partial charge on any atom is 0.0210 e. The first-order valence-corrected chi connectivity index (χ1v) is 9.45. The van der Waals surface area contributed by atoms with E-state index in [0.29, 0.717) is 16.4 Å². The third kappa shape index (κ3) is 2.67. The Morgan fingerprint density at radius 3 is 2.19 bits per heavy atom. The molecule has 0 aliphatic heterocycles. The van der Waals surface area contributed by atoms with Crippen LogP contribution >= 0.6 is 22.6 Å². The average Bonchev–Trinajstić information content (AvgIpc) is 2.34. The Balaban J connectivity index is 1.53. The average molecular weight is 395 g/mol. The van der Waals surface area contributed by atoms with Gasteiger partial charge in [-0.1, -0.05) is 26.0 Å². The zero-order chi connectivity index (χ0) is 14.7. The predicted octanol–water partition coefficient (Wildman–Crippen LogP) is 5.13. The minimum Gasteiger partial charge on any atom is -0.307 e. The molecule has 1 nitrogen and oxygen atoms in total. The summed E-state index contributed by atoms with van der Waals surface area (Å²) in [5.41, 5.74) is 3.06. The molecule has 4 saturated carbocycles. The zero-order valence-corrected chi connectivity index (χ0v) is 15.4. The van der Waals surface area contributed by atoms with Gasteiger partial charge in [0.25, 0.3) is 0 Å². The van der Waals surface area contributed by atoms with Crippen LogP contribution in [0, 0.1) is 20.3 Å². The minimum atomic E-state index is 0.423. The predicted molar refractivity (Wildman–Crippen MR) is 96.1 cm³/mol. The Kier molecular flexibility index (Phi) is 3.25. The van der Waals surface area contributed by atoms with Crippen LogP contribution in [0.3, 0.4) is 0 Å². The fourth-order valence-corrected chi connectivity index (χ4v) is 6.90. The van der Waals surface area contributed by atoms with Crippen LogP contribution < -0.4 is 5.32 Å². The highest BCUT2D eigenvalue weighted by Crippen LogP contribution is 2.66. The molecule has 0 heterocycles. The molecule has 21 heavy (non-hydrogen) atoms. The van der Waals surface area contributed by atoms with E-state index in [4.69, 9.17) is 0 Å². The lowest BCUT2D eigenvalue weighted by Crippen LogP contribution is -2.63. The number of hydrogen-bond donors (Lipinski definition) is 1. The normalized spacial score (nSPS) is 44.2. The maximum atomic E-state index is 4.01. The summed E-state index contributed by atoms with van der Waals surface area (Å²) in [6.45, 7) is 6.14. The van der Waals surface area contributed by atoms with Gasteiger partial charge in [-0.05, 0) is 95.6 Å². The fraction of sp³-hybridized carbons (Fsp3) is 0.684. The molecule has 4 aliphatic rings. The van der Waals surface area contributed by atoms with Crippen molar-refractivity contribution in [3.63, 3.8) is 0 Å². The molecule has 0 aromatic heterocycles. The van der Waals surface area contributed by atoms with Crippen LogP contribution in [-0.2, 0) is 6.54 Å². The largest absolute Gasteiger partial charge is 0.307 e. The summed E-state index contributed by atoms with van der Waals surface area (Å²) in [5, 5.41) is 4.01. The number of nitrogens with one attached hydrogen (secondary N) is 1. The third-order valence-corrected chi connectivity index (χ3v) is 6.93. The van der Waals surface area contributed by atoms with Gasteiger partial charge in [-0.15, -0.1) is 0 Å². The summed E-state index contributed by atoms with van der Waals surface area (Å²) >= 11 is 2.38. The molecule has 0 spiro atoms. The van der Waals surface area contributed by atoms with Crippen molar-refractivity contribution in [2.24, 2.45) is 16.7 Å². The van der Waals surface area contributed by atoms with Crippen LogP contribution in [0.15, 0.2) is 24.3 Å². The maximum absolute atomic E-state index is 4.01. The number of halogens is 1. The van der Waals surface area contributed by atoms with Crippen LogP contribution in [0.25, 0.3) is 0 Å². The molecule has 0 saturated heterocycles. The van der Waals surface area contributed by atoms with Gasteiger partial charge in [0.15, 0.2) is 0 Å². The van der Waals surface area contributed by atoms with Gasteiger partial charge in [-0.25, -0.2) is 0 Å². The second-order valence-corrected chi connectivity index (χ2v) is 10.1. The molecular formula is C19H26IN. The Bertz CT molecular complexity index is 531. The molecule has 0 amide bonds. The number of hydrogen-bond acceptors (Lipinski definition) is 1. The van der Waals surface area contributed by atoms with Crippen molar-refractivity contribution in [3.05, 3.63) is 33.4 Å². The highest BCUT2D eigenvalue weighted by Gasteiger charge is 2.59. The van der Waals surface area contributed by atoms with Crippen molar-refractivity contribution in [2.45, 2.75) is 64.5 Å². The van der Waals surface area contributed by atoms with Crippen molar-refractivity contribution in [3.8, 4) is 0 Å². The van der Waals surface area contributed by atoms with E-state index >= 15 is 0 Å². The van der Waals surface area contributed by atoms with E-state index < -0.39 is 0 Å². The molecule has 0 radical (unpaired) electrons. The second kappa shape index (κ2) is 4.70. The first-order chi connectivity index (χ1) is 9.88. The van der Waals surface area contributed by atoms with Gasteiger partial charge >= 0.3 is 0 Å². The Morgan fingerprint density at radius 1 is 1.00 bits per heavy atom. The first kappa shape index (κ1) is 14.5. The van der Waals surface area contributed by atoms with Gasteiger partial charge in [0.2, 0.25) is 0 Å². The van der Waals surface area contributed by atoms with Gasteiger partial charge in [0.1, 0.15) is 0 Å². The van der Waals surface area contributed by atoms with Crippen molar-refractivity contribution in [1.29, 1.82) is 0 Å². The van der Waals surface area contributed by atoms with Gasteiger partial charge in [0.05, 0.1) is 0 Å². The lowest BCUT2D eigenvalue weighted by atomic mass is 9.43. The van der Waals surface area contributed by atoms with E-state index in [0.717, 1.165) is 12.5 Å². The van der Waals surface area contributed by atoms with Crippen LogP contribution in [0.5, 0.6) is 0 Å². The number of rotatable bonds is 3. The van der Waals surface area contributed by atoms with Crippen LogP contribution in [-0.4, -0.2) is 5.54 Å². The quantitative estimate of drug-likeness (QED) is 0.700. The fourth-order valence-electron chi connectivity index (χ4n) is 6.54. The molecular weight excluding hydrogens is 369 g/mol. The van der Waals surface area contributed by atoms with Crippen molar-refractivity contribution < 1.29 is 0 Å². The molecule has 4 aliphatic carbocycles. The van der Waals surface area contributed by atoms with Crippen molar-refractivity contribution in [1.82, 2.24) is 5.32 Å². The lowest BCUT2D eigenvalue weighted by molar-refractivity contribution is -0.118. The number of benzene rings is 1. The molecule has 2 atom stereocenters. The molecule has 4 fully saturated rings. The highest BCUT2D eigenvalue weighted by atomic mass is 127. The van der Waals surface area contributed by atoms with Crippen molar-refractivity contribution in [2.75, 3.05) is 0 Å². The lowest BCUT2D eigenvalue weighted by Gasteiger charge is -2.65. The van der Waals surface area contributed by atoms with E-state index in [9.17, 15) is 0 Å².